The van der Waals surface area contributed by atoms with Crippen molar-refractivity contribution in [1.29, 1.82) is 0 Å². The summed E-state index contributed by atoms with van der Waals surface area (Å²) >= 11 is 0. The lowest BCUT2D eigenvalue weighted by atomic mass is 9.92. The topological polar surface area (TPSA) is 105 Å². The number of benzene rings is 2. The lowest BCUT2D eigenvalue weighted by molar-refractivity contribution is -0.134. The van der Waals surface area contributed by atoms with Gasteiger partial charge in [-0.3, -0.25) is 24.1 Å². The zero-order valence-electron chi connectivity index (χ0n) is 33.5. The van der Waals surface area contributed by atoms with Crippen LogP contribution in [-0.2, 0) is 27.3 Å². The van der Waals surface area contributed by atoms with E-state index in [2.05, 4.69) is 62.6 Å². The maximum Gasteiger partial charge on any atom is 0.255 e. The number of ketones is 2. The average Bonchev–Trinajstić information content (AvgIpc) is 3.54. The van der Waals surface area contributed by atoms with Crippen molar-refractivity contribution in [2.24, 2.45) is 5.92 Å². The fourth-order valence-corrected chi connectivity index (χ4v) is 9.61. The summed E-state index contributed by atoms with van der Waals surface area (Å²) in [6.45, 7) is 22.3. The molecule has 12 nitrogen and oxygen atoms in total. The second-order valence-electron chi connectivity index (χ2n) is 16.9. The Hall–Kier alpha value is -5.28. The number of Topliss-reactive ketones (excluding diaryl/α,β-unsaturated/α-hetero) is 2. The number of hydrogen-bond acceptors (Lipinski definition) is 9. The first-order valence-corrected chi connectivity index (χ1v) is 20.7. The van der Waals surface area contributed by atoms with Gasteiger partial charge in [0.05, 0.1) is 25.5 Å². The molecule has 12 heteroatoms. The van der Waals surface area contributed by atoms with E-state index in [0.717, 1.165) is 99.1 Å². The summed E-state index contributed by atoms with van der Waals surface area (Å²) in [7, 11) is 0. The van der Waals surface area contributed by atoms with Gasteiger partial charge in [0.2, 0.25) is 5.91 Å². The molecule has 2 amide bonds. The SMILES string of the molecule is [C-]#[N+]c1ccc(N2C[C@@H](C)N(C(=O)Cc3ccc(N4CCC(CN5CCN(c6ccc7c(c6)C(=O)N([C@H]6CCC(=O)CC6=O)C7)CC5)CC4)nc3)C[C@@H]2C)cc1C. The Morgan fingerprint density at radius 1 is 0.842 bits per heavy atom. The molecule has 8 rings (SSSR count). The van der Waals surface area contributed by atoms with Crippen LogP contribution in [0.15, 0.2) is 54.7 Å². The predicted molar refractivity (Wildman–Crippen MR) is 221 cm³/mol. The van der Waals surface area contributed by atoms with Gasteiger partial charge in [0.25, 0.3) is 5.91 Å². The molecule has 1 aromatic heterocycles. The Balaban J connectivity index is 0.770. The number of pyridine rings is 1. The second-order valence-corrected chi connectivity index (χ2v) is 16.9. The summed E-state index contributed by atoms with van der Waals surface area (Å²) in [6.07, 6.45) is 5.19. The van der Waals surface area contributed by atoms with Crippen LogP contribution >= 0.6 is 0 Å². The van der Waals surface area contributed by atoms with Crippen LogP contribution in [0, 0.1) is 19.4 Å². The Morgan fingerprint density at radius 2 is 1.61 bits per heavy atom. The lowest BCUT2D eigenvalue weighted by Crippen LogP contribution is -2.58. The summed E-state index contributed by atoms with van der Waals surface area (Å²) in [5, 5.41) is 0. The maximum absolute atomic E-state index is 13.5. The van der Waals surface area contributed by atoms with Crippen LogP contribution in [0.2, 0.25) is 0 Å². The number of anilines is 3. The van der Waals surface area contributed by atoms with E-state index in [1.54, 1.807) is 4.90 Å². The van der Waals surface area contributed by atoms with Crippen LogP contribution in [-0.4, -0.2) is 120 Å². The van der Waals surface area contributed by atoms with Gasteiger partial charge >= 0.3 is 0 Å². The van der Waals surface area contributed by atoms with Crippen LogP contribution in [0.5, 0.6) is 0 Å². The molecule has 298 valence electrons. The minimum atomic E-state index is -0.486. The number of carbonyl (C=O) groups excluding carboxylic acids is 4. The van der Waals surface area contributed by atoms with Gasteiger partial charge in [-0.25, -0.2) is 9.83 Å². The van der Waals surface area contributed by atoms with Crippen LogP contribution in [0.1, 0.15) is 73.0 Å². The normalized spacial score (nSPS) is 23.6. The molecule has 57 heavy (non-hydrogen) atoms. The molecule has 3 aromatic rings. The molecular weight excluding hydrogens is 717 g/mol. The van der Waals surface area contributed by atoms with Crippen LogP contribution in [0.25, 0.3) is 4.85 Å². The summed E-state index contributed by atoms with van der Waals surface area (Å²) in [5.74, 6) is 1.50. The van der Waals surface area contributed by atoms with E-state index >= 15 is 0 Å². The Kier molecular flexibility index (Phi) is 11.0. The number of piperidine rings is 1. The number of rotatable bonds is 8. The van der Waals surface area contributed by atoms with Gasteiger partial charge in [0.1, 0.15) is 11.6 Å². The molecule has 2 aromatic carbocycles. The number of piperazine rings is 2. The maximum atomic E-state index is 13.5. The van der Waals surface area contributed by atoms with Crippen molar-refractivity contribution in [2.45, 2.75) is 84.0 Å². The number of aryl methyl sites for hydroxylation is 1. The monoisotopic (exact) mass is 770 g/mol. The van der Waals surface area contributed by atoms with E-state index < -0.39 is 6.04 Å². The highest BCUT2D eigenvalue weighted by atomic mass is 16.2. The summed E-state index contributed by atoms with van der Waals surface area (Å²) in [4.78, 5) is 72.9. The van der Waals surface area contributed by atoms with Gasteiger partial charge in [-0.05, 0) is 93.0 Å². The minimum Gasteiger partial charge on any atom is -0.369 e. The molecule has 0 bridgehead atoms. The quantitative estimate of drug-likeness (QED) is 0.223. The second kappa shape index (κ2) is 16.3. The van der Waals surface area contributed by atoms with E-state index in [1.807, 2.05) is 42.3 Å². The predicted octanol–water partition coefficient (Wildman–Crippen LogP) is 5.29. The van der Waals surface area contributed by atoms with Crippen molar-refractivity contribution in [2.75, 3.05) is 73.6 Å². The van der Waals surface area contributed by atoms with Gasteiger partial charge in [0.15, 0.2) is 11.5 Å². The Labute approximate surface area is 336 Å². The number of nitrogens with zero attached hydrogens (tertiary/aromatic N) is 8. The standard InChI is InChI=1S/C45H54N8O4/c1-30-21-37(8-10-40(30)46-4)51-26-32(3)52(27-31(51)2)44(56)22-34-5-12-43(47-25-34)50-15-13-33(14-16-50)28-48-17-19-49(20-18-48)36-7-6-35-29-53(45(57)39(35)23-36)41-11-9-38(54)24-42(41)55/h5-8,10,12,21,23,25,31-33,41H,9,11,13-20,22,24,26-29H2,1-3H3/t31-,32+,41-/m0/s1. The van der Waals surface area contributed by atoms with Crippen molar-refractivity contribution in [3.63, 3.8) is 0 Å². The van der Waals surface area contributed by atoms with Crippen molar-refractivity contribution in [3.8, 4) is 0 Å². The number of carbonyl (C=O) groups is 4. The minimum absolute atomic E-state index is 0.0257. The van der Waals surface area contributed by atoms with E-state index in [-0.39, 0.29) is 41.9 Å². The number of fused-ring (bicyclic) bond motifs is 1. The molecule has 3 atom stereocenters. The van der Waals surface area contributed by atoms with E-state index in [9.17, 15) is 19.2 Å². The van der Waals surface area contributed by atoms with Crippen molar-refractivity contribution in [1.82, 2.24) is 19.7 Å². The van der Waals surface area contributed by atoms with Gasteiger partial charge in [-0.1, -0.05) is 18.2 Å². The third-order valence-electron chi connectivity index (χ3n) is 13.0. The molecular formula is C45H54N8O4. The molecule has 0 N–H and O–H groups in total. The molecule has 1 aliphatic carbocycles. The molecule has 4 fully saturated rings. The molecule has 0 spiro atoms. The third kappa shape index (κ3) is 8.13. The zero-order chi connectivity index (χ0) is 39.8. The summed E-state index contributed by atoms with van der Waals surface area (Å²) in [6, 6.07) is 16.0. The third-order valence-corrected chi connectivity index (χ3v) is 13.0. The fraction of sp³-hybridized carbons (Fsp3) is 0.511. The average molecular weight is 771 g/mol. The number of aromatic nitrogens is 1. The molecule has 0 unspecified atom stereocenters. The van der Waals surface area contributed by atoms with Gasteiger partial charge in [0, 0.05) is 107 Å². The van der Waals surface area contributed by atoms with Gasteiger partial charge in [-0.2, -0.15) is 0 Å². The Bertz CT molecular complexity index is 2060. The molecule has 3 saturated heterocycles. The number of amides is 2. The van der Waals surface area contributed by atoms with E-state index in [0.29, 0.717) is 49.5 Å². The van der Waals surface area contributed by atoms with E-state index in [1.165, 1.54) is 0 Å². The van der Waals surface area contributed by atoms with Crippen LogP contribution in [0.4, 0.5) is 22.9 Å². The van der Waals surface area contributed by atoms with Crippen molar-refractivity contribution >= 4 is 46.3 Å². The summed E-state index contributed by atoms with van der Waals surface area (Å²) < 4.78 is 0. The zero-order valence-corrected chi connectivity index (χ0v) is 33.5. The molecule has 5 aliphatic rings. The highest BCUT2D eigenvalue weighted by Gasteiger charge is 2.39. The van der Waals surface area contributed by atoms with Crippen molar-refractivity contribution in [3.05, 3.63) is 88.4 Å². The lowest BCUT2D eigenvalue weighted by Gasteiger charge is -2.45. The highest BCUT2D eigenvalue weighted by Crippen LogP contribution is 2.33. The highest BCUT2D eigenvalue weighted by molar-refractivity contribution is 6.07. The first kappa shape index (κ1) is 38.6. The van der Waals surface area contributed by atoms with Gasteiger partial charge < -0.3 is 24.5 Å². The smallest absolute Gasteiger partial charge is 0.255 e. The van der Waals surface area contributed by atoms with Crippen LogP contribution < -0.4 is 14.7 Å². The van der Waals surface area contributed by atoms with Crippen molar-refractivity contribution < 1.29 is 19.2 Å². The fourth-order valence-electron chi connectivity index (χ4n) is 9.61. The summed E-state index contributed by atoms with van der Waals surface area (Å²) in [5.41, 5.74) is 6.41. The molecule has 4 aliphatic heterocycles. The van der Waals surface area contributed by atoms with Gasteiger partial charge in [-0.15, -0.1) is 0 Å². The van der Waals surface area contributed by atoms with Crippen LogP contribution in [0.3, 0.4) is 0 Å². The number of hydrogen-bond donors (Lipinski definition) is 0. The molecule has 0 radical (unpaired) electrons. The largest absolute Gasteiger partial charge is 0.369 e. The molecule has 5 heterocycles. The van der Waals surface area contributed by atoms with E-state index in [4.69, 9.17) is 11.6 Å². The first-order valence-electron chi connectivity index (χ1n) is 20.7. The first-order chi connectivity index (χ1) is 27.5. The Morgan fingerprint density at radius 3 is 2.32 bits per heavy atom. The molecule has 1 saturated carbocycles.